The fraction of sp³-hybridized carbons (Fsp3) is 0.533. The molecule has 6 heteroatoms. The number of nitrogens with one attached hydrogen (secondary N) is 1. The third-order valence-electron chi connectivity index (χ3n) is 3.93. The molecule has 1 saturated carbocycles. The molecule has 1 N–H and O–H groups in total. The van der Waals surface area contributed by atoms with E-state index in [2.05, 4.69) is 15.5 Å². The summed E-state index contributed by atoms with van der Waals surface area (Å²) in [5.41, 5.74) is 0.848. The van der Waals surface area contributed by atoms with Crippen molar-refractivity contribution < 1.29 is 9.32 Å². The zero-order valence-electron chi connectivity index (χ0n) is 12.5. The Morgan fingerprint density at radius 1 is 1.57 bits per heavy atom. The molecule has 1 aliphatic carbocycles. The maximum atomic E-state index is 12.4. The van der Waals surface area contributed by atoms with Crippen molar-refractivity contribution in [2.75, 3.05) is 0 Å². The number of amides is 1. The van der Waals surface area contributed by atoms with Crippen LogP contribution in [0.25, 0.3) is 0 Å². The molecule has 0 saturated heterocycles. The maximum Gasteiger partial charge on any atom is 0.274 e. The number of nitrogens with zero attached hydrogens (tertiary/aromatic N) is 2. The summed E-state index contributed by atoms with van der Waals surface area (Å²) in [4.78, 5) is 16.9. The molecule has 1 atom stereocenters. The lowest BCUT2D eigenvalue weighted by Crippen LogP contribution is -2.43. The van der Waals surface area contributed by atoms with Gasteiger partial charge >= 0.3 is 0 Å². The van der Waals surface area contributed by atoms with Gasteiger partial charge in [0.25, 0.3) is 5.91 Å². The van der Waals surface area contributed by atoms with E-state index in [1.54, 1.807) is 17.4 Å². The van der Waals surface area contributed by atoms with Crippen LogP contribution in [0.4, 0.5) is 0 Å². The Hall–Kier alpha value is -1.69. The van der Waals surface area contributed by atoms with Gasteiger partial charge in [0.15, 0.2) is 5.69 Å². The summed E-state index contributed by atoms with van der Waals surface area (Å²) in [6.07, 6.45) is 3.02. The Bertz CT molecular complexity index is 659. The largest absolute Gasteiger partial charge is 0.360 e. The normalized spacial score (nSPS) is 17.5. The van der Waals surface area contributed by atoms with Crippen molar-refractivity contribution in [3.63, 3.8) is 0 Å². The van der Waals surface area contributed by atoms with Gasteiger partial charge in [-0.2, -0.15) is 0 Å². The number of hydrogen-bond donors (Lipinski definition) is 1. The van der Waals surface area contributed by atoms with Gasteiger partial charge in [0.2, 0.25) is 0 Å². The summed E-state index contributed by atoms with van der Waals surface area (Å²) in [7, 11) is 0. The maximum absolute atomic E-state index is 12.4. The van der Waals surface area contributed by atoms with Gasteiger partial charge in [0, 0.05) is 23.1 Å². The molecule has 2 aromatic rings. The second kappa shape index (κ2) is 5.26. The van der Waals surface area contributed by atoms with Gasteiger partial charge in [-0.15, -0.1) is 11.3 Å². The number of aryl methyl sites for hydroxylation is 1. The van der Waals surface area contributed by atoms with E-state index in [1.165, 1.54) is 0 Å². The Labute approximate surface area is 127 Å². The van der Waals surface area contributed by atoms with Crippen LogP contribution in [-0.4, -0.2) is 16.0 Å². The quantitative estimate of drug-likeness (QED) is 0.919. The monoisotopic (exact) mass is 305 g/mol. The van der Waals surface area contributed by atoms with Gasteiger partial charge < -0.3 is 9.84 Å². The van der Waals surface area contributed by atoms with Crippen molar-refractivity contribution in [3.05, 3.63) is 33.6 Å². The lowest BCUT2D eigenvalue weighted by atomic mass is 9.99. The van der Waals surface area contributed by atoms with E-state index in [1.807, 2.05) is 26.2 Å². The van der Waals surface area contributed by atoms with Gasteiger partial charge in [-0.25, -0.2) is 4.98 Å². The van der Waals surface area contributed by atoms with Gasteiger partial charge in [-0.05, 0) is 33.1 Å². The minimum absolute atomic E-state index is 0.206. The van der Waals surface area contributed by atoms with E-state index in [9.17, 15) is 4.79 Å². The van der Waals surface area contributed by atoms with Crippen molar-refractivity contribution in [2.24, 2.45) is 0 Å². The first-order chi connectivity index (χ1) is 10.0. The Morgan fingerprint density at radius 3 is 2.90 bits per heavy atom. The van der Waals surface area contributed by atoms with E-state index in [0.29, 0.717) is 11.6 Å². The van der Waals surface area contributed by atoms with Crippen LogP contribution >= 0.6 is 11.3 Å². The molecule has 0 aromatic carbocycles. The fourth-order valence-electron chi connectivity index (χ4n) is 2.17. The molecule has 3 rings (SSSR count). The predicted octanol–water partition coefficient (Wildman–Crippen LogP) is 3.37. The SMILES string of the molecule is CC[C@@](C)(NC(=O)c1cc(C2CC2)on1)c1nc(C)cs1. The van der Waals surface area contributed by atoms with E-state index in [0.717, 1.165) is 35.7 Å². The van der Waals surface area contributed by atoms with Crippen molar-refractivity contribution >= 4 is 17.2 Å². The average Bonchev–Trinajstić information content (AvgIpc) is 3.02. The number of carbonyl (C=O) groups is 1. The number of rotatable bonds is 5. The highest BCUT2D eigenvalue weighted by molar-refractivity contribution is 7.09. The molecular formula is C15H19N3O2S. The van der Waals surface area contributed by atoms with Crippen LogP contribution in [-0.2, 0) is 5.54 Å². The number of thiazole rings is 1. The third kappa shape index (κ3) is 2.85. The average molecular weight is 305 g/mol. The molecule has 1 aliphatic rings. The highest BCUT2D eigenvalue weighted by Gasteiger charge is 2.33. The van der Waals surface area contributed by atoms with Crippen molar-refractivity contribution in [1.29, 1.82) is 0 Å². The first-order valence-corrected chi connectivity index (χ1v) is 8.11. The molecular weight excluding hydrogens is 286 g/mol. The van der Waals surface area contributed by atoms with E-state index >= 15 is 0 Å². The summed E-state index contributed by atoms with van der Waals surface area (Å²) >= 11 is 1.57. The lowest BCUT2D eigenvalue weighted by Gasteiger charge is -2.26. The standard InChI is InChI=1S/C15H19N3O2S/c1-4-15(3,14-16-9(2)8-21-14)17-13(19)11-7-12(20-18-11)10-5-6-10/h7-8,10H,4-6H2,1-3H3,(H,17,19)/t15-/m1/s1. The van der Waals surface area contributed by atoms with Crippen LogP contribution in [0.1, 0.15) is 66.0 Å². The van der Waals surface area contributed by atoms with Gasteiger partial charge in [0.05, 0.1) is 5.54 Å². The molecule has 0 radical (unpaired) electrons. The zero-order chi connectivity index (χ0) is 15.0. The summed E-state index contributed by atoms with van der Waals surface area (Å²) < 4.78 is 5.24. The molecule has 0 aliphatic heterocycles. The van der Waals surface area contributed by atoms with Crippen LogP contribution in [0.2, 0.25) is 0 Å². The van der Waals surface area contributed by atoms with Crippen molar-refractivity contribution in [2.45, 2.75) is 51.5 Å². The molecule has 0 bridgehead atoms. The Morgan fingerprint density at radius 2 is 2.33 bits per heavy atom. The Kier molecular flexibility index (Phi) is 3.57. The van der Waals surface area contributed by atoms with Crippen LogP contribution in [0.5, 0.6) is 0 Å². The fourth-order valence-corrected chi connectivity index (χ4v) is 3.16. The minimum atomic E-state index is -0.477. The molecule has 112 valence electrons. The molecule has 2 heterocycles. The smallest absolute Gasteiger partial charge is 0.274 e. The molecule has 5 nitrogen and oxygen atoms in total. The predicted molar refractivity (Wildman–Crippen MR) is 80.4 cm³/mol. The van der Waals surface area contributed by atoms with Crippen molar-refractivity contribution in [3.8, 4) is 0 Å². The summed E-state index contributed by atoms with van der Waals surface area (Å²) in [6, 6.07) is 1.76. The Balaban J connectivity index is 1.77. The molecule has 1 fully saturated rings. The number of carbonyl (C=O) groups excluding carboxylic acids is 1. The van der Waals surface area contributed by atoms with Crippen molar-refractivity contribution in [1.82, 2.24) is 15.5 Å². The molecule has 0 spiro atoms. The first kappa shape index (κ1) is 14.3. The summed E-state index contributed by atoms with van der Waals surface area (Å²) in [6.45, 7) is 5.98. The van der Waals surface area contributed by atoms with Gasteiger partial charge in [0.1, 0.15) is 10.8 Å². The molecule has 1 amide bonds. The second-order valence-corrected chi connectivity index (χ2v) is 6.68. The topological polar surface area (TPSA) is 68.0 Å². The highest BCUT2D eigenvalue weighted by atomic mass is 32.1. The van der Waals surface area contributed by atoms with E-state index in [-0.39, 0.29) is 5.91 Å². The number of aromatic nitrogens is 2. The van der Waals surface area contributed by atoms with Gasteiger partial charge in [-0.3, -0.25) is 4.79 Å². The summed E-state index contributed by atoms with van der Waals surface area (Å²) in [5, 5.41) is 9.85. The molecule has 21 heavy (non-hydrogen) atoms. The molecule has 2 aromatic heterocycles. The van der Waals surface area contributed by atoms with E-state index in [4.69, 9.17) is 4.52 Å². The molecule has 0 unspecified atom stereocenters. The minimum Gasteiger partial charge on any atom is -0.360 e. The van der Waals surface area contributed by atoms with Crippen LogP contribution in [0, 0.1) is 6.92 Å². The number of hydrogen-bond acceptors (Lipinski definition) is 5. The van der Waals surface area contributed by atoms with Crippen LogP contribution in [0.15, 0.2) is 16.0 Å². The van der Waals surface area contributed by atoms with Gasteiger partial charge in [-0.1, -0.05) is 12.1 Å². The lowest BCUT2D eigenvalue weighted by molar-refractivity contribution is 0.0892. The van der Waals surface area contributed by atoms with Crippen LogP contribution < -0.4 is 5.32 Å². The highest BCUT2D eigenvalue weighted by Crippen LogP contribution is 2.40. The van der Waals surface area contributed by atoms with E-state index < -0.39 is 5.54 Å². The summed E-state index contributed by atoms with van der Waals surface area (Å²) in [5.74, 6) is 1.07. The second-order valence-electron chi connectivity index (χ2n) is 5.82. The first-order valence-electron chi connectivity index (χ1n) is 7.23. The third-order valence-corrected chi connectivity index (χ3v) is 5.15. The van der Waals surface area contributed by atoms with Crippen LogP contribution in [0.3, 0.4) is 0 Å². The zero-order valence-corrected chi connectivity index (χ0v) is 13.3.